The molecule has 0 aromatic heterocycles. The quantitative estimate of drug-likeness (QED) is 0.589. The van der Waals surface area contributed by atoms with E-state index in [2.05, 4.69) is 10.6 Å². The largest absolute Gasteiger partial charge is 0.388 e. The van der Waals surface area contributed by atoms with E-state index < -0.39 is 6.10 Å². The van der Waals surface area contributed by atoms with Crippen LogP contribution in [0, 0.1) is 0 Å². The molecule has 6 heteroatoms. The maximum absolute atomic E-state index is 12.7. The van der Waals surface area contributed by atoms with Crippen LogP contribution in [0.5, 0.6) is 0 Å². The van der Waals surface area contributed by atoms with Gasteiger partial charge in [0.15, 0.2) is 0 Å². The molecule has 5 nitrogen and oxygen atoms in total. The van der Waals surface area contributed by atoms with Crippen LogP contribution < -0.4 is 10.6 Å². The summed E-state index contributed by atoms with van der Waals surface area (Å²) in [6, 6.07) is 14.4. The van der Waals surface area contributed by atoms with Crippen molar-refractivity contribution in [2.45, 2.75) is 63.6 Å². The molecule has 30 heavy (non-hydrogen) atoms. The van der Waals surface area contributed by atoms with Crippen molar-refractivity contribution in [2.24, 2.45) is 0 Å². The SMILES string of the molecule is CC(C)(C)NC(=O)c1ccccc1SC[C@@H](O)c1ccccc1C(=O)NC(C)(C)C. The lowest BCUT2D eigenvalue weighted by atomic mass is 10.0. The van der Waals surface area contributed by atoms with E-state index in [4.69, 9.17) is 0 Å². The summed E-state index contributed by atoms with van der Waals surface area (Å²) >= 11 is 1.40. The Morgan fingerprint density at radius 1 is 0.833 bits per heavy atom. The average molecular weight is 429 g/mol. The number of carbonyl (C=O) groups excluding carboxylic acids is 2. The van der Waals surface area contributed by atoms with Crippen LogP contribution in [0.4, 0.5) is 0 Å². The van der Waals surface area contributed by atoms with Crippen molar-refractivity contribution in [1.29, 1.82) is 0 Å². The lowest BCUT2D eigenvalue weighted by Crippen LogP contribution is -2.41. The van der Waals surface area contributed by atoms with Crippen molar-refractivity contribution in [2.75, 3.05) is 5.75 Å². The first-order valence-electron chi connectivity index (χ1n) is 10.0. The molecule has 0 aliphatic carbocycles. The lowest BCUT2D eigenvalue weighted by Gasteiger charge is -2.23. The second-order valence-electron chi connectivity index (χ2n) is 9.32. The van der Waals surface area contributed by atoms with Gasteiger partial charge in [-0.3, -0.25) is 9.59 Å². The molecular weight excluding hydrogens is 396 g/mol. The van der Waals surface area contributed by atoms with Crippen molar-refractivity contribution < 1.29 is 14.7 Å². The fourth-order valence-electron chi connectivity index (χ4n) is 2.85. The maximum atomic E-state index is 12.7. The molecule has 2 rings (SSSR count). The maximum Gasteiger partial charge on any atom is 0.252 e. The number of nitrogens with one attached hydrogen (secondary N) is 2. The number of amides is 2. The zero-order chi connectivity index (χ0) is 22.5. The molecule has 2 aromatic rings. The minimum atomic E-state index is -0.851. The zero-order valence-electron chi connectivity index (χ0n) is 18.6. The smallest absolute Gasteiger partial charge is 0.252 e. The number of rotatable bonds is 6. The van der Waals surface area contributed by atoms with Crippen LogP contribution in [-0.2, 0) is 0 Å². The molecule has 0 bridgehead atoms. The Bertz CT molecular complexity index is 898. The number of aliphatic hydroxyl groups is 1. The van der Waals surface area contributed by atoms with Crippen LogP contribution in [0.2, 0.25) is 0 Å². The monoisotopic (exact) mass is 428 g/mol. The molecule has 2 aromatic carbocycles. The highest BCUT2D eigenvalue weighted by Crippen LogP contribution is 2.29. The molecule has 1 atom stereocenters. The molecule has 3 N–H and O–H groups in total. The molecule has 0 aliphatic heterocycles. The van der Waals surface area contributed by atoms with Crippen LogP contribution in [0.15, 0.2) is 53.4 Å². The second-order valence-corrected chi connectivity index (χ2v) is 10.4. The van der Waals surface area contributed by atoms with Crippen LogP contribution in [-0.4, -0.2) is 33.8 Å². The summed E-state index contributed by atoms with van der Waals surface area (Å²) in [5.41, 5.74) is 0.891. The van der Waals surface area contributed by atoms with Gasteiger partial charge < -0.3 is 15.7 Å². The van der Waals surface area contributed by atoms with Gasteiger partial charge in [-0.05, 0) is 65.3 Å². The van der Waals surface area contributed by atoms with Gasteiger partial charge in [-0.15, -0.1) is 11.8 Å². The van der Waals surface area contributed by atoms with E-state index in [1.165, 1.54) is 11.8 Å². The van der Waals surface area contributed by atoms with E-state index in [-0.39, 0.29) is 22.9 Å². The van der Waals surface area contributed by atoms with Gasteiger partial charge in [0, 0.05) is 27.3 Å². The van der Waals surface area contributed by atoms with Crippen molar-refractivity contribution in [3.63, 3.8) is 0 Å². The van der Waals surface area contributed by atoms with E-state index in [0.29, 0.717) is 22.4 Å². The number of hydrogen-bond acceptors (Lipinski definition) is 4. The Morgan fingerprint density at radius 2 is 1.30 bits per heavy atom. The first-order valence-corrected chi connectivity index (χ1v) is 11.0. The third-order valence-corrected chi connectivity index (χ3v) is 5.22. The topological polar surface area (TPSA) is 78.4 Å². The van der Waals surface area contributed by atoms with Gasteiger partial charge in [0.2, 0.25) is 0 Å². The normalized spacial score (nSPS) is 12.9. The highest BCUT2D eigenvalue weighted by Gasteiger charge is 2.22. The molecule has 2 amide bonds. The van der Waals surface area contributed by atoms with Crippen molar-refractivity contribution in [3.05, 3.63) is 65.2 Å². The summed E-state index contributed by atoms with van der Waals surface area (Å²) in [6.07, 6.45) is -0.851. The Labute approximate surface area is 183 Å². The van der Waals surface area contributed by atoms with Gasteiger partial charge in [-0.1, -0.05) is 30.3 Å². The molecule has 0 unspecified atom stereocenters. The number of hydrogen-bond donors (Lipinski definition) is 3. The Morgan fingerprint density at radius 3 is 1.87 bits per heavy atom. The fraction of sp³-hybridized carbons (Fsp3) is 0.417. The van der Waals surface area contributed by atoms with Crippen LogP contribution in [0.1, 0.15) is 73.9 Å². The molecule has 0 saturated carbocycles. The summed E-state index contributed by atoms with van der Waals surface area (Å²) < 4.78 is 0. The van der Waals surface area contributed by atoms with Gasteiger partial charge in [0.1, 0.15) is 0 Å². The Hall–Kier alpha value is -2.31. The highest BCUT2D eigenvalue weighted by atomic mass is 32.2. The van der Waals surface area contributed by atoms with Gasteiger partial charge in [0.05, 0.1) is 11.7 Å². The van der Waals surface area contributed by atoms with Gasteiger partial charge in [0.25, 0.3) is 11.8 Å². The molecular formula is C24H32N2O3S. The van der Waals surface area contributed by atoms with Gasteiger partial charge in [-0.25, -0.2) is 0 Å². The molecule has 0 spiro atoms. The van der Waals surface area contributed by atoms with Gasteiger partial charge >= 0.3 is 0 Å². The minimum absolute atomic E-state index is 0.148. The third-order valence-electron chi connectivity index (χ3n) is 4.07. The number of aliphatic hydroxyl groups excluding tert-OH is 1. The van der Waals surface area contributed by atoms with Crippen molar-refractivity contribution >= 4 is 23.6 Å². The van der Waals surface area contributed by atoms with Crippen molar-refractivity contribution in [1.82, 2.24) is 10.6 Å². The van der Waals surface area contributed by atoms with Crippen LogP contribution >= 0.6 is 11.8 Å². The van der Waals surface area contributed by atoms with E-state index in [1.54, 1.807) is 24.3 Å². The Balaban J connectivity index is 2.17. The summed E-state index contributed by atoms with van der Waals surface area (Å²) in [4.78, 5) is 26.1. The summed E-state index contributed by atoms with van der Waals surface area (Å²) in [6.45, 7) is 11.6. The van der Waals surface area contributed by atoms with E-state index >= 15 is 0 Å². The number of thioether (sulfide) groups is 1. The number of benzene rings is 2. The summed E-state index contributed by atoms with van der Waals surface area (Å²) in [5.74, 6) is -0.0447. The van der Waals surface area contributed by atoms with Gasteiger partial charge in [-0.2, -0.15) is 0 Å². The Kier molecular flexibility index (Phi) is 7.72. The summed E-state index contributed by atoms with van der Waals surface area (Å²) in [5, 5.41) is 16.7. The summed E-state index contributed by atoms with van der Waals surface area (Å²) in [7, 11) is 0. The molecule has 0 radical (unpaired) electrons. The van der Waals surface area contributed by atoms with Crippen molar-refractivity contribution in [3.8, 4) is 0 Å². The molecule has 0 aliphatic rings. The third kappa shape index (κ3) is 7.18. The lowest BCUT2D eigenvalue weighted by molar-refractivity contribution is 0.0906. The minimum Gasteiger partial charge on any atom is -0.388 e. The van der Waals surface area contributed by atoms with E-state index in [1.807, 2.05) is 65.8 Å². The van der Waals surface area contributed by atoms with Crippen LogP contribution in [0.3, 0.4) is 0 Å². The fourth-order valence-corrected chi connectivity index (χ4v) is 3.86. The van der Waals surface area contributed by atoms with Crippen LogP contribution in [0.25, 0.3) is 0 Å². The standard InChI is InChI=1S/C24H32N2O3S/c1-23(2,3)25-21(28)17-12-8-7-11-16(17)19(27)15-30-20-14-10-9-13-18(20)22(29)26-24(4,5)6/h7-14,19,27H,15H2,1-6H3,(H,25,28)(H,26,29)/t19-/m1/s1. The highest BCUT2D eigenvalue weighted by molar-refractivity contribution is 7.99. The van der Waals surface area contributed by atoms with E-state index in [9.17, 15) is 14.7 Å². The molecule has 0 heterocycles. The second kappa shape index (κ2) is 9.67. The predicted molar refractivity (Wildman–Crippen MR) is 123 cm³/mol. The zero-order valence-corrected chi connectivity index (χ0v) is 19.4. The molecule has 162 valence electrons. The molecule has 0 fully saturated rings. The molecule has 0 saturated heterocycles. The predicted octanol–water partition coefficient (Wildman–Crippen LogP) is 4.57. The average Bonchev–Trinajstić information content (AvgIpc) is 2.63. The van der Waals surface area contributed by atoms with E-state index in [0.717, 1.165) is 4.90 Å². The first kappa shape index (κ1) is 24.0. The first-order chi connectivity index (χ1) is 13.9. The number of carbonyl (C=O) groups is 2.